The molecule has 1 aliphatic carbocycles. The van der Waals surface area contributed by atoms with Crippen molar-refractivity contribution in [3.05, 3.63) is 23.8 Å². The molecule has 0 spiro atoms. The molecule has 2 N–H and O–H groups in total. The fourth-order valence-corrected chi connectivity index (χ4v) is 3.54. The van der Waals surface area contributed by atoms with Crippen LogP contribution in [0.1, 0.15) is 37.2 Å². The molecule has 1 aromatic carbocycles. The molecule has 0 bridgehead atoms. The quantitative estimate of drug-likeness (QED) is 0.859. The minimum absolute atomic E-state index is 0.200. The summed E-state index contributed by atoms with van der Waals surface area (Å²) in [5, 5.41) is 13.1. The topological polar surface area (TPSA) is 58.6 Å². The first-order chi connectivity index (χ1) is 9.20. The second-order valence-electron chi connectivity index (χ2n) is 5.47. The van der Waals surface area contributed by atoms with Gasteiger partial charge in [-0.3, -0.25) is 4.79 Å². The van der Waals surface area contributed by atoms with Gasteiger partial charge in [-0.05, 0) is 42.5 Å². The first-order valence-electron chi connectivity index (χ1n) is 6.88. The van der Waals surface area contributed by atoms with Crippen LogP contribution in [-0.4, -0.2) is 24.2 Å². The highest BCUT2D eigenvalue weighted by Gasteiger charge is 2.41. The van der Waals surface area contributed by atoms with Crippen molar-refractivity contribution >= 4 is 11.7 Å². The Hall–Kier alpha value is -1.71. The molecular weight excluding hydrogens is 242 g/mol. The highest BCUT2D eigenvalue weighted by atomic mass is 16.5. The maximum Gasteiger partial charge on any atom is 0.311 e. The largest absolute Gasteiger partial charge is 0.497 e. The van der Waals surface area contributed by atoms with Crippen LogP contribution in [0, 0.1) is 5.92 Å². The van der Waals surface area contributed by atoms with E-state index < -0.39 is 11.9 Å². The van der Waals surface area contributed by atoms with E-state index in [1.54, 1.807) is 7.11 Å². The van der Waals surface area contributed by atoms with Gasteiger partial charge in [0.2, 0.25) is 0 Å². The van der Waals surface area contributed by atoms with Crippen molar-refractivity contribution in [3.63, 3.8) is 0 Å². The van der Waals surface area contributed by atoms with E-state index in [1.165, 1.54) is 6.42 Å². The standard InChI is InChI=1S/C15H19NO3/c1-19-9-6-7-13-11(8-9)14(15(17)18)10-4-2-3-5-12(10)16-13/h6-8,10,12,14,16H,2-5H2,1H3,(H,17,18). The number of aliphatic carboxylic acids is 1. The van der Waals surface area contributed by atoms with E-state index in [0.717, 1.165) is 36.3 Å². The first kappa shape index (κ1) is 12.3. The predicted molar refractivity (Wildman–Crippen MR) is 72.7 cm³/mol. The molecule has 1 saturated carbocycles. The molecule has 0 amide bonds. The van der Waals surface area contributed by atoms with E-state index in [1.807, 2.05) is 18.2 Å². The summed E-state index contributed by atoms with van der Waals surface area (Å²) in [6.45, 7) is 0. The van der Waals surface area contributed by atoms with Crippen LogP contribution in [-0.2, 0) is 4.79 Å². The second kappa shape index (κ2) is 4.76. The van der Waals surface area contributed by atoms with Gasteiger partial charge in [0.1, 0.15) is 5.75 Å². The smallest absolute Gasteiger partial charge is 0.311 e. The van der Waals surface area contributed by atoms with Gasteiger partial charge in [-0.1, -0.05) is 12.8 Å². The molecule has 0 aromatic heterocycles. The Kier molecular flexibility index (Phi) is 3.09. The van der Waals surface area contributed by atoms with Gasteiger partial charge in [0.25, 0.3) is 0 Å². The number of rotatable bonds is 2. The number of carboxylic acid groups (broad SMARTS) is 1. The Morgan fingerprint density at radius 2 is 2.16 bits per heavy atom. The second-order valence-corrected chi connectivity index (χ2v) is 5.47. The van der Waals surface area contributed by atoms with Crippen LogP contribution in [0.15, 0.2) is 18.2 Å². The maximum absolute atomic E-state index is 11.7. The van der Waals surface area contributed by atoms with Crippen LogP contribution in [0.5, 0.6) is 5.75 Å². The summed E-state index contributed by atoms with van der Waals surface area (Å²) in [4.78, 5) is 11.7. The molecule has 3 unspecified atom stereocenters. The number of hydrogen-bond acceptors (Lipinski definition) is 3. The van der Waals surface area contributed by atoms with Crippen LogP contribution in [0.25, 0.3) is 0 Å². The molecule has 1 fully saturated rings. The highest BCUT2D eigenvalue weighted by molar-refractivity contribution is 5.81. The van der Waals surface area contributed by atoms with Gasteiger partial charge in [0.15, 0.2) is 0 Å². The summed E-state index contributed by atoms with van der Waals surface area (Å²) in [6.07, 6.45) is 4.38. The van der Waals surface area contributed by atoms with Gasteiger partial charge in [-0.25, -0.2) is 0 Å². The minimum Gasteiger partial charge on any atom is -0.497 e. The van der Waals surface area contributed by atoms with Crippen molar-refractivity contribution in [2.24, 2.45) is 5.92 Å². The molecule has 1 aromatic rings. The molecule has 1 heterocycles. The van der Waals surface area contributed by atoms with Crippen molar-refractivity contribution in [2.75, 3.05) is 12.4 Å². The molecule has 3 atom stereocenters. The minimum atomic E-state index is -0.715. The van der Waals surface area contributed by atoms with E-state index in [2.05, 4.69) is 5.32 Å². The van der Waals surface area contributed by atoms with Crippen LogP contribution in [0.4, 0.5) is 5.69 Å². The van der Waals surface area contributed by atoms with E-state index >= 15 is 0 Å². The van der Waals surface area contributed by atoms with Gasteiger partial charge < -0.3 is 15.2 Å². The van der Waals surface area contributed by atoms with Crippen LogP contribution in [0.3, 0.4) is 0 Å². The van der Waals surface area contributed by atoms with Crippen molar-refractivity contribution in [2.45, 2.75) is 37.6 Å². The molecule has 19 heavy (non-hydrogen) atoms. The molecule has 102 valence electrons. The number of methoxy groups -OCH3 is 1. The number of carbonyl (C=O) groups is 1. The monoisotopic (exact) mass is 261 g/mol. The Morgan fingerprint density at radius 1 is 1.37 bits per heavy atom. The van der Waals surface area contributed by atoms with Crippen molar-refractivity contribution < 1.29 is 14.6 Å². The van der Waals surface area contributed by atoms with Gasteiger partial charge in [-0.15, -0.1) is 0 Å². The third kappa shape index (κ3) is 2.05. The zero-order chi connectivity index (χ0) is 13.4. The summed E-state index contributed by atoms with van der Waals surface area (Å²) < 4.78 is 5.22. The fourth-order valence-electron chi connectivity index (χ4n) is 3.54. The third-order valence-electron chi connectivity index (χ3n) is 4.45. The Labute approximate surface area is 112 Å². The van der Waals surface area contributed by atoms with E-state index in [4.69, 9.17) is 4.74 Å². The van der Waals surface area contributed by atoms with Gasteiger partial charge in [0, 0.05) is 11.7 Å². The number of carboxylic acids is 1. The number of hydrogen-bond donors (Lipinski definition) is 2. The highest BCUT2D eigenvalue weighted by Crippen LogP contribution is 2.45. The molecule has 0 saturated heterocycles. The number of fused-ring (bicyclic) bond motifs is 2. The van der Waals surface area contributed by atoms with Gasteiger partial charge >= 0.3 is 5.97 Å². The average Bonchev–Trinajstić information content (AvgIpc) is 2.43. The molecule has 1 aliphatic heterocycles. The first-order valence-corrected chi connectivity index (χ1v) is 6.88. The molecular formula is C15H19NO3. The van der Waals surface area contributed by atoms with Crippen molar-refractivity contribution in [1.82, 2.24) is 0 Å². The predicted octanol–water partition coefficient (Wildman–Crippen LogP) is 2.85. The summed E-state index contributed by atoms with van der Waals surface area (Å²) in [5.41, 5.74) is 1.83. The number of anilines is 1. The summed E-state index contributed by atoms with van der Waals surface area (Å²) in [7, 11) is 1.61. The molecule has 4 nitrogen and oxygen atoms in total. The van der Waals surface area contributed by atoms with Crippen molar-refractivity contribution in [3.8, 4) is 5.75 Å². The average molecular weight is 261 g/mol. The Morgan fingerprint density at radius 3 is 2.89 bits per heavy atom. The Bertz CT molecular complexity index is 500. The van der Waals surface area contributed by atoms with Crippen LogP contribution in [0.2, 0.25) is 0 Å². The number of ether oxygens (including phenoxy) is 1. The van der Waals surface area contributed by atoms with Gasteiger partial charge in [0.05, 0.1) is 13.0 Å². The lowest BCUT2D eigenvalue weighted by Crippen LogP contribution is -2.42. The van der Waals surface area contributed by atoms with Gasteiger partial charge in [-0.2, -0.15) is 0 Å². The molecule has 3 rings (SSSR count). The van der Waals surface area contributed by atoms with E-state index in [0.29, 0.717) is 6.04 Å². The summed E-state index contributed by atoms with van der Waals surface area (Å²) >= 11 is 0. The summed E-state index contributed by atoms with van der Waals surface area (Å²) in [5.74, 6) is -0.198. The molecule has 2 aliphatic rings. The van der Waals surface area contributed by atoms with E-state index in [-0.39, 0.29) is 5.92 Å². The fraction of sp³-hybridized carbons (Fsp3) is 0.533. The number of nitrogens with one attached hydrogen (secondary N) is 1. The lowest BCUT2D eigenvalue weighted by Gasteiger charge is -2.41. The lowest BCUT2D eigenvalue weighted by atomic mass is 9.71. The third-order valence-corrected chi connectivity index (χ3v) is 4.45. The van der Waals surface area contributed by atoms with Crippen molar-refractivity contribution in [1.29, 1.82) is 0 Å². The Balaban J connectivity index is 2.05. The maximum atomic E-state index is 11.7. The summed E-state index contributed by atoms with van der Waals surface area (Å²) in [6, 6.07) is 5.99. The SMILES string of the molecule is COc1ccc2c(c1)C(C(=O)O)C1CCCCC1N2. The normalized spacial score (nSPS) is 28.8. The zero-order valence-corrected chi connectivity index (χ0v) is 11.1. The molecule has 0 radical (unpaired) electrons. The lowest BCUT2D eigenvalue weighted by molar-refractivity contribution is -0.140. The zero-order valence-electron chi connectivity index (χ0n) is 11.1. The van der Waals surface area contributed by atoms with Crippen LogP contribution < -0.4 is 10.1 Å². The van der Waals surface area contributed by atoms with E-state index in [9.17, 15) is 9.90 Å². The number of benzene rings is 1. The van der Waals surface area contributed by atoms with Crippen LogP contribution >= 0.6 is 0 Å². The molecule has 4 heteroatoms.